The van der Waals surface area contributed by atoms with Crippen molar-refractivity contribution in [3.05, 3.63) is 64.7 Å². The first-order valence-corrected chi connectivity index (χ1v) is 12.1. The fourth-order valence-corrected chi connectivity index (χ4v) is 3.42. The van der Waals surface area contributed by atoms with Crippen molar-refractivity contribution in [2.24, 2.45) is 0 Å². The van der Waals surface area contributed by atoms with E-state index in [1.54, 1.807) is 44.4 Å². The van der Waals surface area contributed by atoms with Crippen LogP contribution in [0.2, 0.25) is 5.02 Å². The van der Waals surface area contributed by atoms with Crippen LogP contribution in [0.1, 0.15) is 18.1 Å². The molecule has 0 radical (unpaired) electrons. The van der Waals surface area contributed by atoms with Crippen LogP contribution < -0.4 is 10.1 Å². The minimum atomic E-state index is -3.56. The normalized spacial score (nSPS) is 12.3. The van der Waals surface area contributed by atoms with Gasteiger partial charge >= 0.3 is 0 Å². The molecule has 0 heterocycles. The zero-order valence-corrected chi connectivity index (χ0v) is 20.1. The smallest absolute Gasteiger partial charge is 0.242 e. The predicted molar refractivity (Wildman–Crippen MR) is 124 cm³/mol. The maximum Gasteiger partial charge on any atom is 0.242 e. The van der Waals surface area contributed by atoms with Gasteiger partial charge in [0.2, 0.25) is 21.8 Å². The van der Waals surface area contributed by atoms with Crippen LogP contribution in [0.5, 0.6) is 5.75 Å². The van der Waals surface area contributed by atoms with E-state index in [2.05, 4.69) is 5.32 Å². The fourth-order valence-electron chi connectivity index (χ4n) is 2.95. The second-order valence-electron chi connectivity index (χ2n) is 7.37. The number of methoxy groups -OCH3 is 1. The molecule has 8 nitrogen and oxygen atoms in total. The second-order valence-corrected chi connectivity index (χ2v) is 9.90. The van der Waals surface area contributed by atoms with Gasteiger partial charge in [0.25, 0.3) is 0 Å². The van der Waals surface area contributed by atoms with Gasteiger partial charge in [0.15, 0.2) is 0 Å². The molecule has 174 valence electrons. The molecule has 10 heteroatoms. The Hall–Kier alpha value is -2.62. The molecule has 0 spiro atoms. The van der Waals surface area contributed by atoms with Gasteiger partial charge in [-0.1, -0.05) is 41.9 Å². The number of likely N-dealkylation sites (N-methyl/N-ethyl adjacent to an activating group) is 1. The lowest BCUT2D eigenvalue weighted by molar-refractivity contribution is -0.140. The van der Waals surface area contributed by atoms with Crippen LogP contribution in [0.15, 0.2) is 48.5 Å². The highest BCUT2D eigenvalue weighted by Crippen LogP contribution is 2.18. The van der Waals surface area contributed by atoms with E-state index in [1.165, 1.54) is 11.9 Å². The number of amides is 2. The molecular formula is C22H28ClN3O5S. The number of nitrogens with zero attached hydrogens (tertiary/aromatic N) is 2. The number of hydrogen-bond donors (Lipinski definition) is 1. The van der Waals surface area contributed by atoms with Gasteiger partial charge in [-0.2, -0.15) is 4.31 Å². The van der Waals surface area contributed by atoms with Crippen molar-refractivity contribution in [2.45, 2.75) is 26.1 Å². The van der Waals surface area contributed by atoms with Crippen LogP contribution in [0.4, 0.5) is 0 Å². The topological polar surface area (TPSA) is 96.0 Å². The number of hydrogen-bond acceptors (Lipinski definition) is 5. The molecule has 32 heavy (non-hydrogen) atoms. The first-order chi connectivity index (χ1) is 15.0. The van der Waals surface area contributed by atoms with Crippen molar-refractivity contribution in [1.29, 1.82) is 0 Å². The highest BCUT2D eigenvalue weighted by atomic mass is 35.5. The van der Waals surface area contributed by atoms with E-state index in [-0.39, 0.29) is 25.5 Å². The molecule has 1 atom stereocenters. The summed E-state index contributed by atoms with van der Waals surface area (Å²) in [5, 5.41) is 3.37. The van der Waals surface area contributed by atoms with Crippen molar-refractivity contribution in [3.8, 4) is 5.75 Å². The molecule has 0 aliphatic rings. The molecule has 0 bridgehead atoms. The number of sulfonamides is 1. The molecule has 1 N–H and O–H groups in total. The molecule has 2 aromatic rings. The van der Waals surface area contributed by atoms with Gasteiger partial charge in [-0.25, -0.2) is 8.42 Å². The monoisotopic (exact) mass is 481 g/mol. The summed E-state index contributed by atoms with van der Waals surface area (Å²) in [6.45, 7) is 1.57. The van der Waals surface area contributed by atoms with Crippen LogP contribution in [0, 0.1) is 0 Å². The molecule has 0 aliphatic heterocycles. The Balaban J connectivity index is 2.19. The van der Waals surface area contributed by atoms with Crippen LogP contribution in [0.3, 0.4) is 0 Å². The number of rotatable bonds is 10. The van der Waals surface area contributed by atoms with E-state index in [4.69, 9.17) is 16.3 Å². The summed E-state index contributed by atoms with van der Waals surface area (Å²) in [4.78, 5) is 27.2. The van der Waals surface area contributed by atoms with E-state index in [9.17, 15) is 18.0 Å². The van der Waals surface area contributed by atoms with Crippen molar-refractivity contribution >= 4 is 33.4 Å². The molecule has 0 fully saturated rings. The number of carbonyl (C=O) groups excluding carboxylic acids is 2. The lowest BCUT2D eigenvalue weighted by atomic mass is 10.1. The Kier molecular flexibility index (Phi) is 9.06. The third-order valence-corrected chi connectivity index (χ3v) is 6.52. The zero-order valence-electron chi connectivity index (χ0n) is 18.5. The van der Waals surface area contributed by atoms with Crippen molar-refractivity contribution in [2.75, 3.05) is 27.0 Å². The summed E-state index contributed by atoms with van der Waals surface area (Å²) in [6.07, 6.45) is 1.02. The predicted octanol–water partition coefficient (Wildman–Crippen LogP) is 2.27. The van der Waals surface area contributed by atoms with Gasteiger partial charge in [-0.05, 0) is 30.7 Å². The summed E-state index contributed by atoms with van der Waals surface area (Å²) in [5.74, 6) is -0.225. The van der Waals surface area contributed by atoms with E-state index < -0.39 is 22.0 Å². The van der Waals surface area contributed by atoms with Gasteiger partial charge in [-0.15, -0.1) is 0 Å². The summed E-state index contributed by atoms with van der Waals surface area (Å²) in [5.41, 5.74) is 1.55. The Morgan fingerprint density at radius 3 is 2.34 bits per heavy atom. The maximum absolute atomic E-state index is 13.0. The van der Waals surface area contributed by atoms with Crippen LogP contribution in [0.25, 0.3) is 0 Å². The van der Waals surface area contributed by atoms with Crippen molar-refractivity contribution in [1.82, 2.24) is 14.5 Å². The molecule has 2 aromatic carbocycles. The second kappa shape index (κ2) is 11.3. The Bertz CT molecular complexity index is 1040. The van der Waals surface area contributed by atoms with Crippen molar-refractivity contribution < 1.29 is 22.7 Å². The third kappa shape index (κ3) is 7.22. The lowest BCUT2D eigenvalue weighted by Gasteiger charge is -2.30. The van der Waals surface area contributed by atoms with E-state index in [1.807, 2.05) is 18.2 Å². The van der Waals surface area contributed by atoms with Crippen molar-refractivity contribution in [3.63, 3.8) is 0 Å². The molecule has 0 aromatic heterocycles. The van der Waals surface area contributed by atoms with Gasteiger partial charge in [0.05, 0.1) is 19.9 Å². The summed E-state index contributed by atoms with van der Waals surface area (Å²) in [7, 11) is -0.687. The average Bonchev–Trinajstić information content (AvgIpc) is 2.75. The molecule has 1 unspecified atom stereocenters. The molecule has 0 aliphatic carbocycles. The van der Waals surface area contributed by atoms with Gasteiger partial charge < -0.3 is 15.0 Å². The van der Waals surface area contributed by atoms with Crippen LogP contribution >= 0.6 is 11.6 Å². The Labute approximate surface area is 194 Å². The number of para-hydroxylation sites is 1. The maximum atomic E-state index is 13.0. The molecule has 0 saturated carbocycles. The minimum absolute atomic E-state index is 0.122. The average molecular weight is 482 g/mol. The molecule has 0 saturated heterocycles. The largest absolute Gasteiger partial charge is 0.496 e. The number of carbonyl (C=O) groups is 2. The lowest BCUT2D eigenvalue weighted by Crippen LogP contribution is -2.50. The zero-order chi connectivity index (χ0) is 23.9. The van der Waals surface area contributed by atoms with Crippen LogP contribution in [-0.2, 0) is 32.7 Å². The van der Waals surface area contributed by atoms with Gasteiger partial charge in [0, 0.05) is 30.7 Å². The Morgan fingerprint density at radius 2 is 1.75 bits per heavy atom. The summed E-state index contributed by atoms with van der Waals surface area (Å²) < 4.78 is 29.8. The van der Waals surface area contributed by atoms with Gasteiger partial charge in [0.1, 0.15) is 11.8 Å². The SMILES string of the molecule is COc1ccccc1CNC(=O)C(C)N(Cc1ccc(Cl)cc1)C(=O)CN(C)S(C)(=O)=O. The fraction of sp³-hybridized carbons (Fsp3) is 0.364. The number of halogens is 1. The molecule has 2 rings (SSSR count). The number of benzene rings is 2. The third-order valence-electron chi connectivity index (χ3n) is 5.00. The van der Waals surface area contributed by atoms with E-state index >= 15 is 0 Å². The quantitative estimate of drug-likeness (QED) is 0.561. The van der Waals surface area contributed by atoms with E-state index in [0.717, 1.165) is 21.7 Å². The molecule has 2 amide bonds. The highest BCUT2D eigenvalue weighted by molar-refractivity contribution is 7.88. The Morgan fingerprint density at radius 1 is 1.12 bits per heavy atom. The standard InChI is InChI=1S/C22H28ClN3O5S/c1-16(22(28)24-13-18-7-5-6-8-20(18)31-3)26(14-17-9-11-19(23)12-10-17)21(27)15-25(2)32(4,29)30/h5-12,16H,13-15H2,1-4H3,(H,24,28). The van der Waals surface area contributed by atoms with Gasteiger partial charge in [-0.3, -0.25) is 9.59 Å². The number of ether oxygens (including phenoxy) is 1. The first kappa shape index (κ1) is 25.6. The van der Waals surface area contributed by atoms with Crippen LogP contribution in [-0.4, -0.2) is 62.4 Å². The minimum Gasteiger partial charge on any atom is -0.496 e. The highest BCUT2D eigenvalue weighted by Gasteiger charge is 2.28. The number of nitrogens with one attached hydrogen (secondary N) is 1. The first-order valence-electron chi connectivity index (χ1n) is 9.87. The molecular weight excluding hydrogens is 454 g/mol. The summed E-state index contributed by atoms with van der Waals surface area (Å²) in [6, 6.07) is 13.3. The van der Waals surface area contributed by atoms with E-state index in [0.29, 0.717) is 10.8 Å². The summed E-state index contributed by atoms with van der Waals surface area (Å²) >= 11 is 5.94.